The van der Waals surface area contributed by atoms with Gasteiger partial charge in [-0.05, 0) is 45.2 Å². The maximum atomic E-state index is 6.21. The molecule has 2 N–H and O–H groups in total. The van der Waals surface area contributed by atoms with Crippen molar-refractivity contribution in [2.45, 2.75) is 63.0 Å². The summed E-state index contributed by atoms with van der Waals surface area (Å²) >= 11 is 0. The first-order valence-corrected chi connectivity index (χ1v) is 8.37. The van der Waals surface area contributed by atoms with Crippen molar-refractivity contribution in [3.63, 3.8) is 0 Å². The Balaban J connectivity index is 1.92. The molecule has 1 atom stereocenters. The van der Waals surface area contributed by atoms with Crippen molar-refractivity contribution >= 4 is 0 Å². The second kappa shape index (κ2) is 8.32. The van der Waals surface area contributed by atoms with Gasteiger partial charge in [-0.25, -0.2) is 0 Å². The van der Waals surface area contributed by atoms with Gasteiger partial charge in [-0.15, -0.1) is 0 Å². The van der Waals surface area contributed by atoms with E-state index in [9.17, 15) is 0 Å². The lowest BCUT2D eigenvalue weighted by molar-refractivity contribution is -0.125. The zero-order valence-electron chi connectivity index (χ0n) is 13.1. The van der Waals surface area contributed by atoms with Gasteiger partial charge in [-0.3, -0.25) is 4.90 Å². The third kappa shape index (κ3) is 4.42. The van der Waals surface area contributed by atoms with E-state index >= 15 is 0 Å². The van der Waals surface area contributed by atoms with E-state index in [4.69, 9.17) is 15.2 Å². The molecule has 1 unspecified atom stereocenters. The highest BCUT2D eigenvalue weighted by atomic mass is 16.5. The first-order chi connectivity index (χ1) is 9.79. The van der Waals surface area contributed by atoms with Gasteiger partial charge < -0.3 is 15.2 Å². The molecule has 0 aromatic rings. The molecule has 1 spiro atoms. The molecule has 1 saturated carbocycles. The third-order valence-electron chi connectivity index (χ3n) is 4.98. The number of hydrogen-bond acceptors (Lipinski definition) is 4. The largest absolute Gasteiger partial charge is 0.383 e. The van der Waals surface area contributed by atoms with Crippen molar-refractivity contribution in [1.82, 2.24) is 4.90 Å². The zero-order chi connectivity index (χ0) is 14.3. The highest BCUT2D eigenvalue weighted by Gasteiger charge is 2.39. The fraction of sp³-hybridized carbons (Fsp3) is 1.00. The molecule has 0 radical (unpaired) electrons. The summed E-state index contributed by atoms with van der Waals surface area (Å²) in [6.07, 6.45) is 10.0. The normalized spacial score (nSPS) is 26.2. The Morgan fingerprint density at radius 1 is 1.25 bits per heavy atom. The van der Waals surface area contributed by atoms with Crippen molar-refractivity contribution in [2.24, 2.45) is 5.73 Å². The molecular formula is C16H32N2O2. The first kappa shape index (κ1) is 16.2. The molecule has 2 aliphatic rings. The van der Waals surface area contributed by atoms with Crippen molar-refractivity contribution in [2.75, 3.05) is 40.0 Å². The molecule has 1 aliphatic heterocycles. The van der Waals surface area contributed by atoms with Gasteiger partial charge in [-0.2, -0.15) is 0 Å². The van der Waals surface area contributed by atoms with Crippen LogP contribution in [0.2, 0.25) is 0 Å². The van der Waals surface area contributed by atoms with Crippen molar-refractivity contribution in [1.29, 1.82) is 0 Å². The molecule has 2 rings (SSSR count). The summed E-state index contributed by atoms with van der Waals surface area (Å²) < 4.78 is 11.5. The van der Waals surface area contributed by atoms with Gasteiger partial charge in [0.2, 0.25) is 0 Å². The Morgan fingerprint density at radius 3 is 2.75 bits per heavy atom. The molecule has 1 aliphatic carbocycles. The molecule has 20 heavy (non-hydrogen) atoms. The maximum Gasteiger partial charge on any atom is 0.0697 e. The summed E-state index contributed by atoms with van der Waals surface area (Å²) in [5.41, 5.74) is 5.88. The Hall–Kier alpha value is -0.160. The Labute approximate surface area is 124 Å². The second-order valence-electron chi connectivity index (χ2n) is 6.41. The van der Waals surface area contributed by atoms with E-state index in [2.05, 4.69) is 4.90 Å². The van der Waals surface area contributed by atoms with Crippen molar-refractivity contribution in [3.05, 3.63) is 0 Å². The average molecular weight is 284 g/mol. The molecule has 1 heterocycles. The van der Waals surface area contributed by atoms with Crippen LogP contribution in [0.4, 0.5) is 0 Å². The molecular weight excluding hydrogens is 252 g/mol. The van der Waals surface area contributed by atoms with E-state index in [1.54, 1.807) is 7.11 Å². The Bertz CT molecular complexity index is 254. The monoisotopic (exact) mass is 284 g/mol. The van der Waals surface area contributed by atoms with Gasteiger partial charge in [-0.1, -0.05) is 19.3 Å². The van der Waals surface area contributed by atoms with Crippen LogP contribution < -0.4 is 5.73 Å². The highest BCUT2D eigenvalue weighted by Crippen LogP contribution is 2.39. The van der Waals surface area contributed by atoms with Gasteiger partial charge in [0.15, 0.2) is 0 Å². The SMILES string of the molecule is COCCN(CCCN)C1CCOC2(CCCCC2)C1. The van der Waals surface area contributed by atoms with E-state index in [0.717, 1.165) is 45.7 Å². The number of methoxy groups -OCH3 is 1. The van der Waals surface area contributed by atoms with Crippen molar-refractivity contribution in [3.8, 4) is 0 Å². The molecule has 4 heteroatoms. The van der Waals surface area contributed by atoms with Gasteiger partial charge in [0.25, 0.3) is 0 Å². The molecule has 0 amide bonds. The fourth-order valence-electron chi connectivity index (χ4n) is 3.84. The van der Waals surface area contributed by atoms with Gasteiger partial charge in [0, 0.05) is 26.3 Å². The van der Waals surface area contributed by atoms with Crippen LogP contribution in [0.3, 0.4) is 0 Å². The number of nitrogens with two attached hydrogens (primary N) is 1. The summed E-state index contributed by atoms with van der Waals surface area (Å²) in [5, 5.41) is 0. The lowest BCUT2D eigenvalue weighted by atomic mass is 9.78. The summed E-state index contributed by atoms with van der Waals surface area (Å²) in [7, 11) is 1.79. The fourth-order valence-corrected chi connectivity index (χ4v) is 3.84. The molecule has 4 nitrogen and oxygen atoms in total. The van der Waals surface area contributed by atoms with Crippen LogP contribution in [0.15, 0.2) is 0 Å². The lowest BCUT2D eigenvalue weighted by Gasteiger charge is -2.46. The summed E-state index contributed by atoms with van der Waals surface area (Å²) in [6.45, 7) is 4.64. The van der Waals surface area contributed by atoms with Crippen LogP contribution >= 0.6 is 0 Å². The molecule has 118 valence electrons. The minimum Gasteiger partial charge on any atom is -0.383 e. The summed E-state index contributed by atoms with van der Waals surface area (Å²) in [5.74, 6) is 0. The highest BCUT2D eigenvalue weighted by molar-refractivity contribution is 4.93. The van der Waals surface area contributed by atoms with Crippen LogP contribution in [-0.2, 0) is 9.47 Å². The van der Waals surface area contributed by atoms with Crippen LogP contribution in [0.1, 0.15) is 51.4 Å². The predicted octanol–water partition coefficient (Wildman–Crippen LogP) is 2.17. The number of nitrogens with zero attached hydrogens (tertiary/aromatic N) is 1. The van der Waals surface area contributed by atoms with E-state index in [0.29, 0.717) is 6.04 Å². The van der Waals surface area contributed by atoms with Gasteiger partial charge in [0.05, 0.1) is 12.2 Å². The van der Waals surface area contributed by atoms with Gasteiger partial charge >= 0.3 is 0 Å². The first-order valence-electron chi connectivity index (χ1n) is 8.37. The quantitative estimate of drug-likeness (QED) is 0.778. The number of rotatable bonds is 7. The van der Waals surface area contributed by atoms with E-state index in [1.807, 2.05) is 0 Å². The average Bonchev–Trinajstić information content (AvgIpc) is 2.48. The standard InChI is InChI=1S/C16H32N2O2/c1-19-13-11-18(10-5-9-17)15-6-12-20-16(14-15)7-3-2-4-8-16/h15H,2-14,17H2,1H3. The van der Waals surface area contributed by atoms with Crippen molar-refractivity contribution < 1.29 is 9.47 Å². The van der Waals surface area contributed by atoms with E-state index < -0.39 is 0 Å². The second-order valence-corrected chi connectivity index (χ2v) is 6.41. The minimum atomic E-state index is 0.190. The van der Waals surface area contributed by atoms with Crippen LogP contribution in [0, 0.1) is 0 Å². The van der Waals surface area contributed by atoms with Crippen LogP contribution in [0.25, 0.3) is 0 Å². The molecule has 1 saturated heterocycles. The van der Waals surface area contributed by atoms with Crippen LogP contribution in [-0.4, -0.2) is 56.5 Å². The third-order valence-corrected chi connectivity index (χ3v) is 4.98. The molecule has 2 fully saturated rings. The lowest BCUT2D eigenvalue weighted by Crippen LogP contribution is -2.50. The summed E-state index contributed by atoms with van der Waals surface area (Å²) in [6, 6.07) is 0.656. The van der Waals surface area contributed by atoms with E-state index in [1.165, 1.54) is 38.5 Å². The maximum absolute atomic E-state index is 6.21. The summed E-state index contributed by atoms with van der Waals surface area (Å²) in [4.78, 5) is 2.59. The number of ether oxygens (including phenoxy) is 2. The Kier molecular flexibility index (Phi) is 6.75. The zero-order valence-corrected chi connectivity index (χ0v) is 13.1. The molecule has 0 aromatic heterocycles. The number of hydrogen-bond donors (Lipinski definition) is 1. The molecule has 0 aromatic carbocycles. The molecule has 0 bridgehead atoms. The predicted molar refractivity (Wildman–Crippen MR) is 81.9 cm³/mol. The Morgan fingerprint density at radius 2 is 2.05 bits per heavy atom. The topological polar surface area (TPSA) is 47.7 Å². The van der Waals surface area contributed by atoms with Crippen LogP contribution in [0.5, 0.6) is 0 Å². The van der Waals surface area contributed by atoms with Gasteiger partial charge in [0.1, 0.15) is 0 Å². The van der Waals surface area contributed by atoms with E-state index in [-0.39, 0.29) is 5.60 Å². The smallest absolute Gasteiger partial charge is 0.0697 e. The minimum absolute atomic E-state index is 0.190.